The molecule has 0 atom stereocenters. The molecule has 0 aromatic carbocycles. The highest BCUT2D eigenvalue weighted by Crippen LogP contribution is 2.26. The third-order valence-electron chi connectivity index (χ3n) is 2.86. The van der Waals surface area contributed by atoms with Gasteiger partial charge in [-0.05, 0) is 13.0 Å². The van der Waals surface area contributed by atoms with Crippen LogP contribution in [0.25, 0.3) is 21.9 Å². The molecule has 0 aliphatic carbocycles. The summed E-state index contributed by atoms with van der Waals surface area (Å²) in [4.78, 5) is 12.8. The zero-order chi connectivity index (χ0) is 11.3. The van der Waals surface area contributed by atoms with Gasteiger partial charge in [0.25, 0.3) is 0 Å². The molecule has 0 aliphatic rings. The zero-order valence-electron chi connectivity index (χ0n) is 9.10. The van der Waals surface area contributed by atoms with Gasteiger partial charge in [-0.15, -0.1) is 0 Å². The van der Waals surface area contributed by atoms with Crippen molar-refractivity contribution < 1.29 is 0 Å². The normalized spacial score (nSPS) is 11.4. The van der Waals surface area contributed by atoms with Crippen molar-refractivity contribution >= 4 is 27.8 Å². The highest BCUT2D eigenvalue weighted by molar-refractivity contribution is 6.06. The van der Waals surface area contributed by atoms with Crippen LogP contribution in [0, 0.1) is 6.92 Å². The predicted octanol–water partition coefficient (Wildman–Crippen LogP) is 1.41. The Morgan fingerprint density at radius 2 is 2.12 bits per heavy atom. The molecule has 0 bridgehead atoms. The summed E-state index contributed by atoms with van der Waals surface area (Å²) in [5, 5.41) is 1.03. The zero-order valence-corrected chi connectivity index (χ0v) is 9.10. The molecule has 0 fully saturated rings. The second-order valence-corrected chi connectivity index (χ2v) is 3.81. The molecule has 80 valence electrons. The summed E-state index contributed by atoms with van der Waals surface area (Å²) in [5.41, 5.74) is 8.47. The summed E-state index contributed by atoms with van der Waals surface area (Å²) < 4.78 is 2.02. The third kappa shape index (κ3) is 1.02. The standard InChI is InChI=1S/C11H11N5/c1-6-14-9-10(16(6)2)7-3-4-13-5-8(7)15-11(9)12/h3-5H,1-2H3,(H2,12,15). The molecule has 3 rings (SSSR count). The Balaban J connectivity index is 2.67. The van der Waals surface area contributed by atoms with Crippen molar-refractivity contribution in [2.24, 2.45) is 7.05 Å². The van der Waals surface area contributed by atoms with Gasteiger partial charge in [0, 0.05) is 18.6 Å². The highest BCUT2D eigenvalue weighted by atomic mass is 15.1. The van der Waals surface area contributed by atoms with Gasteiger partial charge in [-0.25, -0.2) is 9.97 Å². The van der Waals surface area contributed by atoms with Crippen LogP contribution in [0.2, 0.25) is 0 Å². The average molecular weight is 213 g/mol. The van der Waals surface area contributed by atoms with Gasteiger partial charge in [0.1, 0.15) is 11.3 Å². The van der Waals surface area contributed by atoms with Gasteiger partial charge in [0.05, 0.1) is 17.2 Å². The van der Waals surface area contributed by atoms with E-state index in [2.05, 4.69) is 15.0 Å². The lowest BCUT2D eigenvalue weighted by atomic mass is 10.2. The molecule has 16 heavy (non-hydrogen) atoms. The van der Waals surface area contributed by atoms with Crippen molar-refractivity contribution in [3.05, 3.63) is 24.3 Å². The summed E-state index contributed by atoms with van der Waals surface area (Å²) in [6.45, 7) is 1.95. The van der Waals surface area contributed by atoms with Gasteiger partial charge in [-0.2, -0.15) is 0 Å². The van der Waals surface area contributed by atoms with Gasteiger partial charge in [-0.3, -0.25) is 4.98 Å². The second kappa shape index (κ2) is 2.91. The van der Waals surface area contributed by atoms with Crippen LogP contribution in [0.1, 0.15) is 5.82 Å². The van der Waals surface area contributed by atoms with E-state index in [1.54, 1.807) is 12.4 Å². The van der Waals surface area contributed by atoms with Crippen LogP contribution in [0.15, 0.2) is 18.5 Å². The van der Waals surface area contributed by atoms with Crippen molar-refractivity contribution in [1.82, 2.24) is 19.5 Å². The van der Waals surface area contributed by atoms with Gasteiger partial charge in [-0.1, -0.05) is 0 Å². The number of hydrogen-bond donors (Lipinski definition) is 1. The number of rotatable bonds is 0. The number of anilines is 1. The van der Waals surface area contributed by atoms with Crippen LogP contribution in [0.4, 0.5) is 5.82 Å². The number of nitrogen functional groups attached to an aromatic ring is 1. The van der Waals surface area contributed by atoms with Crippen LogP contribution >= 0.6 is 0 Å². The molecule has 3 heterocycles. The van der Waals surface area contributed by atoms with Crippen LogP contribution in [-0.2, 0) is 7.05 Å². The lowest BCUT2D eigenvalue weighted by molar-refractivity contribution is 0.888. The fraction of sp³-hybridized carbons (Fsp3) is 0.182. The van der Waals surface area contributed by atoms with E-state index in [4.69, 9.17) is 5.73 Å². The van der Waals surface area contributed by atoms with E-state index in [0.29, 0.717) is 5.82 Å². The SMILES string of the molecule is Cc1nc2c(N)nc3cnccc3c2n1C. The van der Waals surface area contributed by atoms with Crippen LogP contribution in [0.3, 0.4) is 0 Å². The molecule has 3 aromatic rings. The Morgan fingerprint density at radius 1 is 1.31 bits per heavy atom. The number of aryl methyl sites for hydroxylation is 2. The molecule has 0 spiro atoms. The van der Waals surface area contributed by atoms with Crippen LogP contribution < -0.4 is 5.73 Å². The molecule has 2 N–H and O–H groups in total. The highest BCUT2D eigenvalue weighted by Gasteiger charge is 2.12. The molecular formula is C11H11N5. The van der Waals surface area contributed by atoms with Gasteiger partial charge in [0.2, 0.25) is 0 Å². The van der Waals surface area contributed by atoms with E-state index in [1.165, 1.54) is 0 Å². The largest absolute Gasteiger partial charge is 0.382 e. The van der Waals surface area contributed by atoms with E-state index in [9.17, 15) is 0 Å². The number of imidazole rings is 1. The Labute approximate surface area is 91.9 Å². The van der Waals surface area contributed by atoms with Crippen molar-refractivity contribution in [1.29, 1.82) is 0 Å². The van der Waals surface area contributed by atoms with E-state index in [0.717, 1.165) is 27.8 Å². The van der Waals surface area contributed by atoms with Crippen molar-refractivity contribution in [3.63, 3.8) is 0 Å². The Kier molecular flexibility index (Phi) is 1.65. The molecule has 0 aliphatic heterocycles. The van der Waals surface area contributed by atoms with E-state index in [-0.39, 0.29) is 0 Å². The summed E-state index contributed by atoms with van der Waals surface area (Å²) in [7, 11) is 1.98. The maximum absolute atomic E-state index is 5.89. The quantitative estimate of drug-likeness (QED) is 0.613. The van der Waals surface area contributed by atoms with Gasteiger partial charge < -0.3 is 10.3 Å². The molecule has 0 amide bonds. The Morgan fingerprint density at radius 3 is 2.94 bits per heavy atom. The number of fused-ring (bicyclic) bond motifs is 3. The summed E-state index contributed by atoms with van der Waals surface area (Å²) in [6, 6.07) is 1.94. The lowest BCUT2D eigenvalue weighted by Gasteiger charge is -2.03. The minimum Gasteiger partial charge on any atom is -0.382 e. The predicted molar refractivity (Wildman–Crippen MR) is 63.0 cm³/mol. The van der Waals surface area contributed by atoms with Gasteiger partial charge in [0.15, 0.2) is 5.82 Å². The molecular weight excluding hydrogens is 202 g/mol. The maximum Gasteiger partial charge on any atom is 0.152 e. The van der Waals surface area contributed by atoms with Crippen molar-refractivity contribution in [3.8, 4) is 0 Å². The van der Waals surface area contributed by atoms with Crippen LogP contribution in [0.5, 0.6) is 0 Å². The first kappa shape index (κ1) is 9.08. The van der Waals surface area contributed by atoms with Crippen molar-refractivity contribution in [2.45, 2.75) is 6.92 Å². The smallest absolute Gasteiger partial charge is 0.152 e. The van der Waals surface area contributed by atoms with E-state index in [1.807, 2.05) is 24.6 Å². The summed E-state index contributed by atoms with van der Waals surface area (Å²) in [6.07, 6.45) is 3.47. The number of hydrogen-bond acceptors (Lipinski definition) is 4. The Bertz CT molecular complexity index is 698. The van der Waals surface area contributed by atoms with Crippen molar-refractivity contribution in [2.75, 3.05) is 5.73 Å². The summed E-state index contributed by atoms with van der Waals surface area (Å²) in [5.74, 6) is 1.38. The first-order valence-corrected chi connectivity index (χ1v) is 5.00. The lowest BCUT2D eigenvalue weighted by Crippen LogP contribution is -1.95. The number of nitrogens with two attached hydrogens (primary N) is 1. The monoisotopic (exact) mass is 213 g/mol. The molecule has 3 aromatic heterocycles. The second-order valence-electron chi connectivity index (χ2n) is 3.81. The molecule has 0 saturated heterocycles. The fourth-order valence-corrected chi connectivity index (χ4v) is 1.96. The van der Waals surface area contributed by atoms with Gasteiger partial charge >= 0.3 is 0 Å². The number of pyridine rings is 2. The Hall–Kier alpha value is -2.17. The maximum atomic E-state index is 5.89. The van der Waals surface area contributed by atoms with E-state index >= 15 is 0 Å². The minimum absolute atomic E-state index is 0.458. The first-order valence-electron chi connectivity index (χ1n) is 5.00. The molecule has 0 unspecified atom stereocenters. The van der Waals surface area contributed by atoms with Crippen LogP contribution in [-0.4, -0.2) is 19.5 Å². The fourth-order valence-electron chi connectivity index (χ4n) is 1.96. The molecule has 5 heteroatoms. The first-order chi connectivity index (χ1) is 7.68. The number of aromatic nitrogens is 4. The summed E-state index contributed by atoms with van der Waals surface area (Å²) >= 11 is 0. The molecule has 0 radical (unpaired) electrons. The average Bonchev–Trinajstić information content (AvgIpc) is 2.57. The molecule has 0 saturated carbocycles. The number of nitrogens with zero attached hydrogens (tertiary/aromatic N) is 4. The minimum atomic E-state index is 0.458. The van der Waals surface area contributed by atoms with E-state index < -0.39 is 0 Å². The topological polar surface area (TPSA) is 69.6 Å². The molecule has 5 nitrogen and oxygen atoms in total. The third-order valence-corrected chi connectivity index (χ3v) is 2.86.